The van der Waals surface area contributed by atoms with E-state index in [0.29, 0.717) is 19.6 Å². The highest BCUT2D eigenvalue weighted by atomic mass is 16.5. The van der Waals surface area contributed by atoms with Crippen molar-refractivity contribution >= 4 is 0 Å². The van der Waals surface area contributed by atoms with E-state index in [0.717, 1.165) is 28.6 Å². The van der Waals surface area contributed by atoms with Gasteiger partial charge in [0.25, 0.3) is 0 Å². The molecule has 5 heteroatoms. The first kappa shape index (κ1) is 18.3. The van der Waals surface area contributed by atoms with Crippen molar-refractivity contribution < 1.29 is 18.7 Å². The third kappa shape index (κ3) is 5.25. The quantitative estimate of drug-likeness (QED) is 0.630. The van der Waals surface area contributed by atoms with Crippen molar-refractivity contribution in [3.63, 3.8) is 0 Å². The SMILES string of the molecule is Cc1ccc(CN(Cc2ccco2)C[C@H](O)COc2ccccc2C)o1. The number of aliphatic hydroxyl groups excluding tert-OH is 1. The predicted octanol–water partition coefficient (Wildman–Crippen LogP) is 3.93. The summed E-state index contributed by atoms with van der Waals surface area (Å²) in [6.45, 7) is 5.78. The molecule has 0 radical (unpaired) electrons. The molecule has 3 aromatic rings. The van der Waals surface area contributed by atoms with E-state index in [4.69, 9.17) is 13.6 Å². The average molecular weight is 355 g/mol. The van der Waals surface area contributed by atoms with Gasteiger partial charge in [0, 0.05) is 6.54 Å². The van der Waals surface area contributed by atoms with Gasteiger partial charge in [-0.25, -0.2) is 0 Å². The van der Waals surface area contributed by atoms with Gasteiger partial charge in [-0.3, -0.25) is 4.90 Å². The van der Waals surface area contributed by atoms with Crippen LogP contribution in [0, 0.1) is 13.8 Å². The minimum Gasteiger partial charge on any atom is -0.491 e. The summed E-state index contributed by atoms with van der Waals surface area (Å²) in [7, 11) is 0. The van der Waals surface area contributed by atoms with Crippen LogP contribution in [0.15, 0.2) is 63.6 Å². The van der Waals surface area contributed by atoms with Crippen molar-refractivity contribution in [2.24, 2.45) is 0 Å². The Balaban J connectivity index is 1.59. The van der Waals surface area contributed by atoms with Gasteiger partial charge in [0.05, 0.1) is 19.4 Å². The van der Waals surface area contributed by atoms with Crippen molar-refractivity contribution in [2.75, 3.05) is 13.2 Å². The van der Waals surface area contributed by atoms with Crippen LogP contribution in [0.1, 0.15) is 22.8 Å². The molecule has 138 valence electrons. The monoisotopic (exact) mass is 355 g/mol. The lowest BCUT2D eigenvalue weighted by atomic mass is 10.2. The first-order chi connectivity index (χ1) is 12.6. The van der Waals surface area contributed by atoms with Crippen LogP contribution >= 0.6 is 0 Å². The van der Waals surface area contributed by atoms with Gasteiger partial charge >= 0.3 is 0 Å². The van der Waals surface area contributed by atoms with Crippen LogP contribution in [0.2, 0.25) is 0 Å². The standard InChI is InChI=1S/C21H25NO4/c1-16-6-3-4-8-21(16)25-15-18(23)12-22(13-19-7-5-11-24-19)14-20-10-9-17(2)26-20/h3-11,18,23H,12-15H2,1-2H3/t18-/m0/s1. The molecule has 0 amide bonds. The summed E-state index contributed by atoms with van der Waals surface area (Å²) < 4.78 is 16.9. The Bertz CT molecular complexity index is 794. The fraction of sp³-hybridized carbons (Fsp3) is 0.333. The van der Waals surface area contributed by atoms with E-state index in [1.54, 1.807) is 6.26 Å². The summed E-state index contributed by atoms with van der Waals surface area (Å²) >= 11 is 0. The van der Waals surface area contributed by atoms with Crippen molar-refractivity contribution in [1.82, 2.24) is 4.90 Å². The summed E-state index contributed by atoms with van der Waals surface area (Å²) in [6, 6.07) is 15.5. The molecule has 0 bridgehead atoms. The number of hydrogen-bond acceptors (Lipinski definition) is 5. The van der Waals surface area contributed by atoms with Gasteiger partial charge in [0.15, 0.2) is 0 Å². The molecule has 0 aliphatic carbocycles. The molecular formula is C21H25NO4. The van der Waals surface area contributed by atoms with E-state index in [-0.39, 0.29) is 6.61 Å². The maximum Gasteiger partial charge on any atom is 0.122 e. The Morgan fingerprint density at radius 1 is 1.00 bits per heavy atom. The van der Waals surface area contributed by atoms with Crippen molar-refractivity contribution in [2.45, 2.75) is 33.0 Å². The zero-order chi connectivity index (χ0) is 18.4. The van der Waals surface area contributed by atoms with Crippen LogP contribution in [0.5, 0.6) is 5.75 Å². The number of hydrogen-bond donors (Lipinski definition) is 1. The van der Waals surface area contributed by atoms with Crippen LogP contribution in [-0.2, 0) is 13.1 Å². The van der Waals surface area contributed by atoms with E-state index in [1.807, 2.05) is 62.4 Å². The van der Waals surface area contributed by atoms with Crippen LogP contribution in [0.3, 0.4) is 0 Å². The Hall–Kier alpha value is -2.50. The normalized spacial score (nSPS) is 12.5. The Kier molecular flexibility index (Phi) is 6.15. The molecule has 1 N–H and O–H groups in total. The van der Waals surface area contributed by atoms with Gasteiger partial charge in [-0.1, -0.05) is 18.2 Å². The number of aryl methyl sites for hydroxylation is 2. The lowest BCUT2D eigenvalue weighted by Gasteiger charge is -2.23. The number of aliphatic hydroxyl groups is 1. The lowest BCUT2D eigenvalue weighted by Crippen LogP contribution is -2.35. The minimum atomic E-state index is -0.624. The van der Waals surface area contributed by atoms with E-state index in [2.05, 4.69) is 4.90 Å². The second-order valence-electron chi connectivity index (χ2n) is 6.49. The number of benzene rings is 1. The number of furan rings is 2. The molecule has 0 unspecified atom stereocenters. The molecule has 0 spiro atoms. The van der Waals surface area contributed by atoms with Crippen LogP contribution in [0.4, 0.5) is 0 Å². The number of rotatable bonds is 9. The van der Waals surface area contributed by atoms with E-state index >= 15 is 0 Å². The van der Waals surface area contributed by atoms with Crippen molar-refractivity contribution in [1.29, 1.82) is 0 Å². The van der Waals surface area contributed by atoms with Crippen molar-refractivity contribution in [3.8, 4) is 5.75 Å². The maximum absolute atomic E-state index is 10.5. The molecule has 0 fully saturated rings. The van der Waals surface area contributed by atoms with E-state index < -0.39 is 6.10 Å². The first-order valence-electron chi connectivity index (χ1n) is 8.76. The zero-order valence-corrected chi connectivity index (χ0v) is 15.2. The lowest BCUT2D eigenvalue weighted by molar-refractivity contribution is 0.0577. The van der Waals surface area contributed by atoms with Crippen LogP contribution < -0.4 is 4.74 Å². The van der Waals surface area contributed by atoms with Gasteiger partial charge < -0.3 is 18.7 Å². The maximum atomic E-state index is 10.5. The second-order valence-corrected chi connectivity index (χ2v) is 6.49. The molecule has 1 atom stereocenters. The molecule has 2 heterocycles. The molecule has 26 heavy (non-hydrogen) atoms. The molecule has 0 saturated carbocycles. The van der Waals surface area contributed by atoms with Gasteiger partial charge in [-0.05, 0) is 49.7 Å². The molecule has 2 aromatic heterocycles. The van der Waals surface area contributed by atoms with Crippen molar-refractivity contribution in [3.05, 3.63) is 77.6 Å². The Labute approximate surface area is 153 Å². The Morgan fingerprint density at radius 3 is 2.50 bits per heavy atom. The van der Waals surface area contributed by atoms with E-state index in [9.17, 15) is 5.11 Å². The fourth-order valence-electron chi connectivity index (χ4n) is 2.85. The summed E-state index contributed by atoms with van der Waals surface area (Å²) in [5, 5.41) is 10.5. The van der Waals surface area contributed by atoms with E-state index in [1.165, 1.54) is 0 Å². The van der Waals surface area contributed by atoms with Gasteiger partial charge in [0.2, 0.25) is 0 Å². The summed E-state index contributed by atoms with van der Waals surface area (Å²) in [5.74, 6) is 3.38. The molecule has 0 aliphatic rings. The number of nitrogens with zero attached hydrogens (tertiary/aromatic N) is 1. The molecule has 5 nitrogen and oxygen atoms in total. The van der Waals surface area contributed by atoms with Gasteiger partial charge in [-0.15, -0.1) is 0 Å². The van der Waals surface area contributed by atoms with Crippen LogP contribution in [0.25, 0.3) is 0 Å². The average Bonchev–Trinajstić information content (AvgIpc) is 3.26. The third-order valence-electron chi connectivity index (χ3n) is 4.13. The van der Waals surface area contributed by atoms with Crippen LogP contribution in [-0.4, -0.2) is 29.3 Å². The number of ether oxygens (including phenoxy) is 1. The topological polar surface area (TPSA) is 59.0 Å². The smallest absolute Gasteiger partial charge is 0.122 e. The minimum absolute atomic E-state index is 0.233. The summed E-state index contributed by atoms with van der Waals surface area (Å²) in [6.07, 6.45) is 1.03. The molecule has 1 aromatic carbocycles. The first-order valence-corrected chi connectivity index (χ1v) is 8.76. The second kappa shape index (κ2) is 8.74. The fourth-order valence-corrected chi connectivity index (χ4v) is 2.85. The largest absolute Gasteiger partial charge is 0.491 e. The van der Waals surface area contributed by atoms with Gasteiger partial charge in [-0.2, -0.15) is 0 Å². The molecule has 3 rings (SSSR count). The highest BCUT2D eigenvalue weighted by Gasteiger charge is 2.16. The molecule has 0 aliphatic heterocycles. The van der Waals surface area contributed by atoms with Gasteiger partial charge in [0.1, 0.15) is 35.7 Å². The molecule has 0 saturated heterocycles. The number of para-hydroxylation sites is 1. The zero-order valence-electron chi connectivity index (χ0n) is 15.2. The highest BCUT2D eigenvalue weighted by molar-refractivity contribution is 5.31. The molecular weight excluding hydrogens is 330 g/mol. The highest BCUT2D eigenvalue weighted by Crippen LogP contribution is 2.17. The Morgan fingerprint density at radius 2 is 1.81 bits per heavy atom. The summed E-state index contributed by atoms with van der Waals surface area (Å²) in [5.41, 5.74) is 1.05. The summed E-state index contributed by atoms with van der Waals surface area (Å²) in [4.78, 5) is 2.09. The third-order valence-corrected chi connectivity index (χ3v) is 4.13. The predicted molar refractivity (Wildman–Crippen MR) is 98.9 cm³/mol.